The molecule has 0 aliphatic carbocycles. The Hall–Kier alpha value is -3.10. The van der Waals surface area contributed by atoms with Crippen LogP contribution in [-0.2, 0) is 0 Å². The molecule has 28 heavy (non-hydrogen) atoms. The molecule has 2 nitrogen and oxygen atoms in total. The minimum absolute atomic E-state index is 0.179. The molecular formula is C26H26N2. The second kappa shape index (κ2) is 7.49. The van der Waals surface area contributed by atoms with E-state index in [2.05, 4.69) is 110 Å². The molecule has 0 bridgehead atoms. The minimum Gasteiger partial charge on any atom is -0.320 e. The average molecular weight is 367 g/mol. The van der Waals surface area contributed by atoms with Gasteiger partial charge in [0.2, 0.25) is 0 Å². The molecular weight excluding hydrogens is 340 g/mol. The molecule has 1 heterocycles. The van der Waals surface area contributed by atoms with Crippen molar-refractivity contribution in [2.45, 2.75) is 26.8 Å². The quantitative estimate of drug-likeness (QED) is 0.463. The van der Waals surface area contributed by atoms with Crippen LogP contribution < -0.4 is 5.73 Å². The van der Waals surface area contributed by atoms with Gasteiger partial charge in [-0.1, -0.05) is 77.9 Å². The Morgan fingerprint density at radius 2 is 1.29 bits per heavy atom. The van der Waals surface area contributed by atoms with E-state index >= 15 is 0 Å². The molecule has 0 fully saturated rings. The summed E-state index contributed by atoms with van der Waals surface area (Å²) in [5, 5.41) is 0. The highest BCUT2D eigenvalue weighted by Gasteiger charge is 2.21. The van der Waals surface area contributed by atoms with E-state index in [1.165, 1.54) is 22.4 Å². The zero-order valence-corrected chi connectivity index (χ0v) is 16.7. The first-order valence-electron chi connectivity index (χ1n) is 9.71. The van der Waals surface area contributed by atoms with Gasteiger partial charge in [-0.2, -0.15) is 0 Å². The molecule has 0 aliphatic rings. The van der Waals surface area contributed by atoms with Crippen molar-refractivity contribution in [1.29, 1.82) is 0 Å². The third-order valence-corrected chi connectivity index (χ3v) is 5.33. The zero-order valence-electron chi connectivity index (χ0n) is 16.7. The van der Waals surface area contributed by atoms with E-state index in [9.17, 15) is 0 Å². The van der Waals surface area contributed by atoms with Gasteiger partial charge in [0.15, 0.2) is 0 Å². The molecule has 1 unspecified atom stereocenters. The standard InChI is InChI=1S/C26H26N2/c1-18-9-13-21(14-10-18)25(27)24-17-20(3)28(23-15-11-19(2)12-16-23)26(24)22-7-5-4-6-8-22/h4-17,25H,27H2,1-3H3. The second-order valence-corrected chi connectivity index (χ2v) is 7.52. The molecule has 3 aromatic carbocycles. The van der Waals surface area contributed by atoms with Gasteiger partial charge in [-0.25, -0.2) is 0 Å². The lowest BCUT2D eigenvalue weighted by Gasteiger charge is -2.17. The molecule has 0 aliphatic heterocycles. The summed E-state index contributed by atoms with van der Waals surface area (Å²) >= 11 is 0. The van der Waals surface area contributed by atoms with Crippen molar-refractivity contribution in [2.24, 2.45) is 5.73 Å². The van der Waals surface area contributed by atoms with Crippen LogP contribution in [0.1, 0.15) is 34.0 Å². The molecule has 140 valence electrons. The highest BCUT2D eigenvalue weighted by Crippen LogP contribution is 2.35. The summed E-state index contributed by atoms with van der Waals surface area (Å²) in [6, 6.07) is 29.8. The monoisotopic (exact) mass is 366 g/mol. The van der Waals surface area contributed by atoms with Gasteiger partial charge in [0.25, 0.3) is 0 Å². The fraction of sp³-hybridized carbons (Fsp3) is 0.154. The summed E-state index contributed by atoms with van der Waals surface area (Å²) in [6.45, 7) is 6.36. The maximum absolute atomic E-state index is 6.78. The maximum Gasteiger partial charge on any atom is 0.0582 e. The van der Waals surface area contributed by atoms with Crippen LogP contribution in [0.2, 0.25) is 0 Å². The van der Waals surface area contributed by atoms with E-state index in [1.807, 2.05) is 0 Å². The number of aromatic nitrogens is 1. The third kappa shape index (κ3) is 3.39. The van der Waals surface area contributed by atoms with Crippen molar-refractivity contribution in [3.63, 3.8) is 0 Å². The van der Waals surface area contributed by atoms with E-state index in [0.29, 0.717) is 0 Å². The van der Waals surface area contributed by atoms with Gasteiger partial charge < -0.3 is 10.3 Å². The third-order valence-electron chi connectivity index (χ3n) is 5.33. The van der Waals surface area contributed by atoms with E-state index in [1.54, 1.807) is 0 Å². The lowest BCUT2D eigenvalue weighted by molar-refractivity contribution is 0.871. The molecule has 1 aromatic heterocycles. The zero-order chi connectivity index (χ0) is 19.7. The average Bonchev–Trinajstić information content (AvgIpc) is 3.06. The van der Waals surface area contributed by atoms with Gasteiger partial charge in [0, 0.05) is 11.4 Å². The molecule has 2 N–H and O–H groups in total. The summed E-state index contributed by atoms with van der Waals surface area (Å²) in [6.07, 6.45) is 0. The summed E-state index contributed by atoms with van der Waals surface area (Å²) in [7, 11) is 0. The van der Waals surface area contributed by atoms with Crippen LogP contribution >= 0.6 is 0 Å². The Morgan fingerprint density at radius 3 is 1.89 bits per heavy atom. The number of rotatable bonds is 4. The van der Waals surface area contributed by atoms with Crippen LogP contribution in [0.5, 0.6) is 0 Å². The van der Waals surface area contributed by atoms with Crippen LogP contribution in [0.4, 0.5) is 0 Å². The lowest BCUT2D eigenvalue weighted by Crippen LogP contribution is -2.13. The van der Waals surface area contributed by atoms with Crippen molar-refractivity contribution < 1.29 is 0 Å². The van der Waals surface area contributed by atoms with Crippen molar-refractivity contribution >= 4 is 0 Å². The van der Waals surface area contributed by atoms with E-state index in [0.717, 1.165) is 22.5 Å². The number of hydrogen-bond acceptors (Lipinski definition) is 1. The fourth-order valence-electron chi connectivity index (χ4n) is 3.77. The Kier molecular flexibility index (Phi) is 4.89. The smallest absolute Gasteiger partial charge is 0.0582 e. The number of aryl methyl sites for hydroxylation is 3. The van der Waals surface area contributed by atoms with Gasteiger partial charge >= 0.3 is 0 Å². The molecule has 2 heteroatoms. The van der Waals surface area contributed by atoms with Crippen molar-refractivity contribution in [1.82, 2.24) is 4.57 Å². The molecule has 0 saturated carbocycles. The Bertz CT molecular complexity index is 1070. The molecule has 0 spiro atoms. The van der Waals surface area contributed by atoms with Crippen molar-refractivity contribution in [3.8, 4) is 16.9 Å². The highest BCUT2D eigenvalue weighted by molar-refractivity contribution is 5.70. The SMILES string of the molecule is Cc1ccc(C(N)c2cc(C)n(-c3ccc(C)cc3)c2-c2ccccc2)cc1. The minimum atomic E-state index is -0.179. The second-order valence-electron chi connectivity index (χ2n) is 7.52. The molecule has 0 radical (unpaired) electrons. The van der Waals surface area contributed by atoms with Crippen LogP contribution in [0.25, 0.3) is 16.9 Å². The van der Waals surface area contributed by atoms with Crippen LogP contribution in [0.15, 0.2) is 84.9 Å². The number of benzene rings is 3. The normalized spacial score (nSPS) is 12.1. The summed E-state index contributed by atoms with van der Waals surface area (Å²) in [4.78, 5) is 0. The van der Waals surface area contributed by atoms with Crippen LogP contribution in [-0.4, -0.2) is 4.57 Å². The molecule has 0 saturated heterocycles. The topological polar surface area (TPSA) is 30.9 Å². The fourth-order valence-corrected chi connectivity index (χ4v) is 3.77. The predicted octanol–water partition coefficient (Wildman–Crippen LogP) is 6.12. The van der Waals surface area contributed by atoms with E-state index < -0.39 is 0 Å². The van der Waals surface area contributed by atoms with E-state index in [4.69, 9.17) is 5.73 Å². The van der Waals surface area contributed by atoms with E-state index in [-0.39, 0.29) is 6.04 Å². The van der Waals surface area contributed by atoms with Crippen LogP contribution in [0.3, 0.4) is 0 Å². The maximum atomic E-state index is 6.78. The van der Waals surface area contributed by atoms with Crippen molar-refractivity contribution in [3.05, 3.63) is 113 Å². The summed E-state index contributed by atoms with van der Waals surface area (Å²) < 4.78 is 2.32. The Morgan fingerprint density at radius 1 is 0.714 bits per heavy atom. The molecule has 4 aromatic rings. The van der Waals surface area contributed by atoms with Gasteiger partial charge in [0.05, 0.1) is 11.7 Å². The van der Waals surface area contributed by atoms with Gasteiger partial charge in [-0.15, -0.1) is 0 Å². The highest BCUT2D eigenvalue weighted by atomic mass is 15.0. The Labute approximate surface area is 167 Å². The number of hydrogen-bond donors (Lipinski definition) is 1. The predicted molar refractivity (Wildman–Crippen MR) is 118 cm³/mol. The van der Waals surface area contributed by atoms with Gasteiger partial charge in [0.1, 0.15) is 0 Å². The largest absolute Gasteiger partial charge is 0.320 e. The molecule has 0 amide bonds. The van der Waals surface area contributed by atoms with Gasteiger partial charge in [-0.3, -0.25) is 0 Å². The summed E-state index contributed by atoms with van der Waals surface area (Å²) in [5.74, 6) is 0. The summed E-state index contributed by atoms with van der Waals surface area (Å²) in [5.41, 5.74) is 16.2. The lowest BCUT2D eigenvalue weighted by atomic mass is 9.96. The first kappa shape index (κ1) is 18.3. The first-order chi connectivity index (χ1) is 13.5. The molecule has 4 rings (SSSR count). The number of nitrogens with two attached hydrogens (primary N) is 1. The first-order valence-corrected chi connectivity index (χ1v) is 9.71. The Balaban J connectivity index is 1.93. The van der Waals surface area contributed by atoms with Crippen LogP contribution in [0, 0.1) is 20.8 Å². The molecule has 1 atom stereocenters. The number of nitrogens with zero attached hydrogens (tertiary/aromatic N) is 1. The van der Waals surface area contributed by atoms with Crippen molar-refractivity contribution in [2.75, 3.05) is 0 Å². The van der Waals surface area contributed by atoms with Gasteiger partial charge in [-0.05, 0) is 55.7 Å².